The van der Waals surface area contributed by atoms with Crippen molar-refractivity contribution in [3.8, 4) is 5.75 Å². The van der Waals surface area contributed by atoms with Gasteiger partial charge in [-0.3, -0.25) is 10.1 Å². The van der Waals surface area contributed by atoms with Gasteiger partial charge in [0.15, 0.2) is 6.29 Å². The molecule has 2 aliphatic rings. The number of carbonyl (C=O) groups excluding carboxylic acids is 1. The van der Waals surface area contributed by atoms with Gasteiger partial charge in [0.1, 0.15) is 18.0 Å². The number of hydrogen-bond acceptors (Lipinski definition) is 7. The van der Waals surface area contributed by atoms with E-state index < -0.39 is 22.4 Å². The Morgan fingerprint density at radius 3 is 2.53 bits per heavy atom. The fraction of sp³-hybridized carbons (Fsp3) is 0.682. The summed E-state index contributed by atoms with van der Waals surface area (Å²) in [6, 6.07) is 3.36. The molecule has 0 saturated carbocycles. The van der Waals surface area contributed by atoms with Gasteiger partial charge in [0, 0.05) is 42.3 Å². The standard InChI is InChI=1S/C22H34N2O7S/c1-22(2)11-15-9-18(24(26)27)17(10-19(15)31-22)16-13-29-20(30-14-16)12-23(3)21(25)28-7-8-32(4,5)6/h9-10,16,20H,7-8,11-14H2,1-6H3. The number of amides is 1. The summed E-state index contributed by atoms with van der Waals surface area (Å²) < 4.78 is 22.9. The maximum atomic E-state index is 12.2. The Kier molecular flexibility index (Phi) is 7.26. The first kappa shape index (κ1) is 24.6. The van der Waals surface area contributed by atoms with Gasteiger partial charge in [0.2, 0.25) is 0 Å². The molecule has 0 radical (unpaired) electrons. The average molecular weight is 471 g/mol. The van der Waals surface area contributed by atoms with Crippen molar-refractivity contribution < 1.29 is 28.7 Å². The fourth-order valence-electron chi connectivity index (χ4n) is 3.75. The molecule has 10 heteroatoms. The molecule has 9 nitrogen and oxygen atoms in total. The van der Waals surface area contributed by atoms with E-state index in [1.807, 2.05) is 13.8 Å². The van der Waals surface area contributed by atoms with E-state index >= 15 is 0 Å². The van der Waals surface area contributed by atoms with Gasteiger partial charge in [0.05, 0.1) is 24.7 Å². The molecule has 2 heterocycles. The zero-order valence-corrected chi connectivity index (χ0v) is 20.5. The Labute approximate surface area is 190 Å². The van der Waals surface area contributed by atoms with Crippen LogP contribution in [0, 0.1) is 10.1 Å². The van der Waals surface area contributed by atoms with Crippen LogP contribution in [-0.2, 0) is 20.6 Å². The molecule has 0 spiro atoms. The second-order valence-electron chi connectivity index (χ2n) is 9.90. The van der Waals surface area contributed by atoms with E-state index in [0.29, 0.717) is 24.3 Å². The van der Waals surface area contributed by atoms with Crippen LogP contribution in [0.4, 0.5) is 10.5 Å². The smallest absolute Gasteiger partial charge is 0.409 e. The van der Waals surface area contributed by atoms with Gasteiger partial charge in [-0.15, -0.1) is 0 Å². The van der Waals surface area contributed by atoms with Gasteiger partial charge in [-0.05, 0) is 38.7 Å². The van der Waals surface area contributed by atoms with Gasteiger partial charge in [-0.1, -0.05) is 0 Å². The summed E-state index contributed by atoms with van der Waals surface area (Å²) in [6.07, 6.45) is 6.11. The molecular weight excluding hydrogens is 436 g/mol. The minimum atomic E-state index is -0.727. The monoisotopic (exact) mass is 470 g/mol. The molecular formula is C22H34N2O7S. The van der Waals surface area contributed by atoms with E-state index in [1.54, 1.807) is 19.2 Å². The SMILES string of the molecule is CN(CC1OCC(c2cc3c(cc2[N+](=O)[O-])CC(C)(C)O3)CO1)C(=O)OCCS(C)(C)C. The Hall–Kier alpha value is -2.04. The molecule has 1 saturated heterocycles. The van der Waals surface area contributed by atoms with Crippen molar-refractivity contribution in [1.82, 2.24) is 4.90 Å². The summed E-state index contributed by atoms with van der Waals surface area (Å²) in [7, 11) is 0.907. The number of carbonyl (C=O) groups is 1. The highest BCUT2D eigenvalue weighted by atomic mass is 32.3. The number of ether oxygens (including phenoxy) is 4. The van der Waals surface area contributed by atoms with E-state index in [-0.39, 0.29) is 41.9 Å². The molecule has 180 valence electrons. The normalized spacial score (nSPS) is 22.6. The lowest BCUT2D eigenvalue weighted by Crippen LogP contribution is -2.41. The molecule has 1 amide bonds. The summed E-state index contributed by atoms with van der Waals surface area (Å²) in [6.45, 7) is 5.03. The highest BCUT2D eigenvalue weighted by Gasteiger charge is 2.36. The third-order valence-corrected chi connectivity index (χ3v) is 6.86. The third-order valence-electron chi connectivity index (χ3n) is 5.47. The second-order valence-corrected chi connectivity index (χ2v) is 14.5. The molecule has 1 aromatic rings. The van der Waals surface area contributed by atoms with Crippen LogP contribution in [-0.4, -0.2) is 85.7 Å². The van der Waals surface area contributed by atoms with Crippen molar-refractivity contribution in [2.45, 2.75) is 38.1 Å². The predicted octanol–water partition coefficient (Wildman–Crippen LogP) is 3.53. The quantitative estimate of drug-likeness (QED) is 0.444. The fourth-order valence-corrected chi connectivity index (χ4v) is 4.34. The maximum absolute atomic E-state index is 12.2. The van der Waals surface area contributed by atoms with Crippen LogP contribution < -0.4 is 4.74 Å². The Morgan fingerprint density at radius 2 is 1.94 bits per heavy atom. The number of nitro groups is 1. The Bertz CT molecular complexity index is 861. The van der Waals surface area contributed by atoms with E-state index in [1.165, 1.54) is 4.90 Å². The summed E-state index contributed by atoms with van der Waals surface area (Å²) in [4.78, 5) is 24.9. The van der Waals surface area contributed by atoms with Crippen LogP contribution in [0.5, 0.6) is 5.75 Å². The minimum Gasteiger partial charge on any atom is -0.487 e. The number of likely N-dealkylation sites (N-methyl/N-ethyl adjacent to an activating group) is 1. The summed E-state index contributed by atoms with van der Waals surface area (Å²) in [5.74, 6) is 1.24. The molecule has 0 unspecified atom stereocenters. The van der Waals surface area contributed by atoms with Gasteiger partial charge in [-0.2, -0.15) is 0 Å². The van der Waals surface area contributed by atoms with Gasteiger partial charge in [0.25, 0.3) is 5.69 Å². The van der Waals surface area contributed by atoms with Crippen LogP contribution in [0.2, 0.25) is 0 Å². The zero-order chi connectivity index (χ0) is 23.7. The minimum absolute atomic E-state index is 0.0578. The Morgan fingerprint density at radius 1 is 1.28 bits per heavy atom. The molecule has 0 atom stereocenters. The van der Waals surface area contributed by atoms with Crippen LogP contribution in [0.15, 0.2) is 12.1 Å². The summed E-state index contributed by atoms with van der Waals surface area (Å²) in [5.41, 5.74) is 1.06. The molecule has 2 aliphatic heterocycles. The molecule has 3 rings (SSSR count). The van der Waals surface area contributed by atoms with Crippen molar-refractivity contribution in [2.24, 2.45) is 0 Å². The largest absolute Gasteiger partial charge is 0.487 e. The number of fused-ring (bicyclic) bond motifs is 1. The van der Waals surface area contributed by atoms with Crippen LogP contribution >= 0.6 is 10.0 Å². The van der Waals surface area contributed by atoms with E-state index in [9.17, 15) is 14.9 Å². The molecule has 1 fully saturated rings. The number of benzene rings is 1. The average Bonchev–Trinajstić information content (AvgIpc) is 2.99. The highest BCUT2D eigenvalue weighted by Crippen LogP contribution is 2.42. The first-order valence-electron chi connectivity index (χ1n) is 10.6. The number of nitrogens with zero attached hydrogens (tertiary/aromatic N) is 2. The van der Waals surface area contributed by atoms with Crippen molar-refractivity contribution in [2.75, 3.05) is 57.9 Å². The lowest BCUT2D eigenvalue weighted by molar-refractivity contribution is -0.386. The van der Waals surface area contributed by atoms with E-state index in [2.05, 4.69) is 18.8 Å². The summed E-state index contributed by atoms with van der Waals surface area (Å²) in [5, 5.41) is 11.7. The molecule has 32 heavy (non-hydrogen) atoms. The van der Waals surface area contributed by atoms with Crippen molar-refractivity contribution in [1.29, 1.82) is 0 Å². The van der Waals surface area contributed by atoms with Crippen LogP contribution in [0.1, 0.15) is 30.9 Å². The highest BCUT2D eigenvalue weighted by molar-refractivity contribution is 8.32. The molecule has 0 aliphatic carbocycles. The van der Waals surface area contributed by atoms with Crippen molar-refractivity contribution in [3.05, 3.63) is 33.4 Å². The van der Waals surface area contributed by atoms with Gasteiger partial charge >= 0.3 is 6.09 Å². The first-order chi connectivity index (χ1) is 14.8. The lowest BCUT2D eigenvalue weighted by atomic mass is 9.94. The molecule has 0 aromatic heterocycles. The van der Waals surface area contributed by atoms with Gasteiger partial charge < -0.3 is 23.8 Å². The van der Waals surface area contributed by atoms with Crippen molar-refractivity contribution >= 4 is 21.8 Å². The first-order valence-corrected chi connectivity index (χ1v) is 13.6. The van der Waals surface area contributed by atoms with E-state index in [0.717, 1.165) is 11.3 Å². The molecule has 1 aromatic carbocycles. The number of nitro benzene ring substituents is 1. The topological polar surface area (TPSA) is 100 Å². The number of hydrogen-bond donors (Lipinski definition) is 0. The second kappa shape index (κ2) is 9.44. The van der Waals surface area contributed by atoms with Gasteiger partial charge in [-0.25, -0.2) is 14.8 Å². The third kappa shape index (κ3) is 6.26. The van der Waals surface area contributed by atoms with Crippen LogP contribution in [0.3, 0.4) is 0 Å². The van der Waals surface area contributed by atoms with E-state index in [4.69, 9.17) is 18.9 Å². The van der Waals surface area contributed by atoms with Crippen LogP contribution in [0.25, 0.3) is 0 Å². The predicted molar refractivity (Wildman–Crippen MR) is 124 cm³/mol. The number of rotatable bonds is 7. The Balaban J connectivity index is 1.57. The van der Waals surface area contributed by atoms with Crippen molar-refractivity contribution in [3.63, 3.8) is 0 Å². The maximum Gasteiger partial charge on any atom is 0.409 e. The summed E-state index contributed by atoms with van der Waals surface area (Å²) >= 11 is 0. The molecule has 0 N–H and O–H groups in total. The lowest BCUT2D eigenvalue weighted by Gasteiger charge is -2.32. The zero-order valence-electron chi connectivity index (χ0n) is 19.7. The molecule has 0 bridgehead atoms.